The molecule has 0 bridgehead atoms. The number of aliphatic hydroxyl groups is 1. The Morgan fingerprint density at radius 3 is 1.46 bits per heavy atom. The number of hydrogen-bond acceptors (Lipinski definition) is 3. The molecule has 0 amide bonds. The van der Waals surface area contributed by atoms with Crippen LogP contribution in [0.2, 0.25) is 0 Å². The molecule has 0 heterocycles. The molecule has 0 aliphatic carbocycles. The van der Waals surface area contributed by atoms with E-state index in [9.17, 15) is 5.11 Å². The average molecular weight is 372 g/mol. The van der Waals surface area contributed by atoms with E-state index in [4.69, 9.17) is 9.47 Å². The second kappa shape index (κ2) is 7.91. The van der Waals surface area contributed by atoms with E-state index in [2.05, 4.69) is 50.2 Å². The molecule has 0 saturated carbocycles. The van der Waals surface area contributed by atoms with E-state index in [1.54, 1.807) is 0 Å². The van der Waals surface area contributed by atoms with Gasteiger partial charge in [-0.15, -0.1) is 0 Å². The van der Waals surface area contributed by atoms with E-state index in [1.807, 2.05) is 36.4 Å². The van der Waals surface area contributed by atoms with Gasteiger partial charge in [0, 0.05) is 0 Å². The Labute approximate surface area is 165 Å². The fourth-order valence-corrected chi connectivity index (χ4v) is 3.30. The molecule has 142 valence electrons. The second-order valence-electron chi connectivity index (χ2n) is 7.30. The van der Waals surface area contributed by atoms with Gasteiger partial charge in [0.2, 0.25) is 0 Å². The van der Waals surface area contributed by atoms with Crippen LogP contribution in [0.3, 0.4) is 0 Å². The third-order valence-corrected chi connectivity index (χ3v) is 4.82. The highest BCUT2D eigenvalue weighted by molar-refractivity contribution is 5.85. The third-order valence-electron chi connectivity index (χ3n) is 4.82. The quantitative estimate of drug-likeness (QED) is 0.490. The molecule has 0 atom stereocenters. The largest absolute Gasteiger partial charge is 0.491 e. The lowest BCUT2D eigenvalue weighted by Crippen LogP contribution is -2.25. The second-order valence-corrected chi connectivity index (χ2v) is 7.30. The summed E-state index contributed by atoms with van der Waals surface area (Å²) in [5.74, 6) is 1.49. The molecular formula is C25H24O3. The molecule has 28 heavy (non-hydrogen) atoms. The van der Waals surface area contributed by atoms with Crippen LogP contribution in [0.15, 0.2) is 72.8 Å². The molecule has 0 fully saturated rings. The monoisotopic (exact) mass is 372 g/mol. The van der Waals surface area contributed by atoms with Crippen LogP contribution in [0.4, 0.5) is 0 Å². The number of benzene rings is 4. The van der Waals surface area contributed by atoms with Gasteiger partial charge in [-0.1, -0.05) is 59.7 Å². The maximum Gasteiger partial charge on any atom is 0.122 e. The maximum absolute atomic E-state index is 10.2. The average Bonchev–Trinajstić information content (AvgIpc) is 2.70. The summed E-state index contributed by atoms with van der Waals surface area (Å²) in [5, 5.41) is 14.8. The Kier molecular flexibility index (Phi) is 5.18. The highest BCUT2D eigenvalue weighted by atomic mass is 16.5. The van der Waals surface area contributed by atoms with Gasteiger partial charge < -0.3 is 14.6 Å². The summed E-state index contributed by atoms with van der Waals surface area (Å²) < 4.78 is 11.5. The van der Waals surface area contributed by atoms with Crippen LogP contribution in [0, 0.1) is 13.8 Å². The summed E-state index contributed by atoms with van der Waals surface area (Å²) in [6.07, 6.45) is -0.706. The summed E-state index contributed by atoms with van der Waals surface area (Å²) >= 11 is 0. The van der Waals surface area contributed by atoms with Gasteiger partial charge in [-0.05, 0) is 59.7 Å². The van der Waals surface area contributed by atoms with Gasteiger partial charge in [-0.2, -0.15) is 0 Å². The number of fused-ring (bicyclic) bond motifs is 2. The first-order valence-electron chi connectivity index (χ1n) is 9.51. The number of ether oxygens (including phenoxy) is 2. The molecule has 4 aromatic rings. The predicted octanol–water partition coefficient (Wildman–Crippen LogP) is 5.43. The SMILES string of the molecule is Cc1ccc2cc(OCC(O)COc3ccc4cc(C)ccc4c3)ccc2c1. The van der Waals surface area contributed by atoms with E-state index >= 15 is 0 Å². The third kappa shape index (κ3) is 4.26. The zero-order chi connectivity index (χ0) is 19.5. The Hall–Kier alpha value is -3.04. The maximum atomic E-state index is 10.2. The fourth-order valence-electron chi connectivity index (χ4n) is 3.30. The van der Waals surface area contributed by atoms with Crippen molar-refractivity contribution in [3.8, 4) is 11.5 Å². The Bertz CT molecular complexity index is 1030. The predicted molar refractivity (Wildman–Crippen MR) is 114 cm³/mol. The van der Waals surface area contributed by atoms with Crippen molar-refractivity contribution in [2.75, 3.05) is 13.2 Å². The molecule has 0 radical (unpaired) electrons. The number of aryl methyl sites for hydroxylation is 2. The first-order valence-corrected chi connectivity index (χ1v) is 9.51. The molecule has 3 nitrogen and oxygen atoms in total. The van der Waals surface area contributed by atoms with Gasteiger partial charge in [-0.3, -0.25) is 0 Å². The molecule has 0 aliphatic heterocycles. The first-order chi connectivity index (χ1) is 13.6. The summed E-state index contributed by atoms with van der Waals surface area (Å²) in [4.78, 5) is 0. The molecule has 0 spiro atoms. The van der Waals surface area contributed by atoms with Gasteiger partial charge >= 0.3 is 0 Å². The van der Waals surface area contributed by atoms with Crippen LogP contribution in [0.25, 0.3) is 21.5 Å². The van der Waals surface area contributed by atoms with Gasteiger partial charge in [0.05, 0.1) is 0 Å². The molecule has 4 rings (SSSR count). The van der Waals surface area contributed by atoms with Crippen molar-refractivity contribution in [2.45, 2.75) is 20.0 Å². The van der Waals surface area contributed by atoms with Crippen molar-refractivity contribution >= 4 is 21.5 Å². The Morgan fingerprint density at radius 1 is 0.607 bits per heavy atom. The van der Waals surface area contributed by atoms with Crippen molar-refractivity contribution in [3.05, 3.63) is 83.9 Å². The topological polar surface area (TPSA) is 38.7 Å². The Morgan fingerprint density at radius 2 is 1.00 bits per heavy atom. The molecule has 0 saturated heterocycles. The van der Waals surface area contributed by atoms with Crippen molar-refractivity contribution in [1.29, 1.82) is 0 Å². The molecule has 4 aromatic carbocycles. The van der Waals surface area contributed by atoms with Crippen molar-refractivity contribution in [3.63, 3.8) is 0 Å². The lowest BCUT2D eigenvalue weighted by Gasteiger charge is -2.14. The van der Waals surface area contributed by atoms with Gasteiger partial charge in [0.1, 0.15) is 30.8 Å². The van der Waals surface area contributed by atoms with Crippen LogP contribution in [-0.2, 0) is 0 Å². The molecule has 0 aliphatic rings. The van der Waals surface area contributed by atoms with Crippen LogP contribution in [0.1, 0.15) is 11.1 Å². The van der Waals surface area contributed by atoms with Gasteiger partial charge in [0.25, 0.3) is 0 Å². The van der Waals surface area contributed by atoms with E-state index in [0.717, 1.165) is 22.3 Å². The summed E-state index contributed by atoms with van der Waals surface area (Å²) in [6, 6.07) is 24.5. The normalized spacial score (nSPS) is 11.3. The van der Waals surface area contributed by atoms with Crippen LogP contribution in [0.5, 0.6) is 11.5 Å². The number of aliphatic hydroxyl groups excluding tert-OH is 1. The summed E-state index contributed by atoms with van der Waals surface area (Å²) in [5.41, 5.74) is 2.47. The minimum Gasteiger partial charge on any atom is -0.491 e. The smallest absolute Gasteiger partial charge is 0.122 e. The van der Waals surface area contributed by atoms with E-state index in [-0.39, 0.29) is 13.2 Å². The Balaban J connectivity index is 1.33. The van der Waals surface area contributed by atoms with Crippen molar-refractivity contribution in [2.24, 2.45) is 0 Å². The fraction of sp³-hybridized carbons (Fsp3) is 0.200. The molecular weight excluding hydrogens is 348 g/mol. The van der Waals surface area contributed by atoms with Crippen molar-refractivity contribution in [1.82, 2.24) is 0 Å². The van der Waals surface area contributed by atoms with Crippen LogP contribution >= 0.6 is 0 Å². The zero-order valence-corrected chi connectivity index (χ0v) is 16.2. The highest BCUT2D eigenvalue weighted by Crippen LogP contribution is 2.23. The summed E-state index contributed by atoms with van der Waals surface area (Å²) in [6.45, 7) is 4.53. The van der Waals surface area contributed by atoms with E-state index in [1.165, 1.54) is 21.9 Å². The lowest BCUT2D eigenvalue weighted by atomic mass is 10.1. The van der Waals surface area contributed by atoms with Crippen molar-refractivity contribution < 1.29 is 14.6 Å². The molecule has 0 unspecified atom stereocenters. The minimum atomic E-state index is -0.706. The van der Waals surface area contributed by atoms with Crippen LogP contribution < -0.4 is 9.47 Å². The lowest BCUT2D eigenvalue weighted by molar-refractivity contribution is 0.0627. The van der Waals surface area contributed by atoms with E-state index < -0.39 is 6.10 Å². The summed E-state index contributed by atoms with van der Waals surface area (Å²) in [7, 11) is 0. The number of rotatable bonds is 6. The van der Waals surface area contributed by atoms with Crippen LogP contribution in [-0.4, -0.2) is 24.4 Å². The highest BCUT2D eigenvalue weighted by Gasteiger charge is 2.08. The standard InChI is InChI=1S/C25H24O3/c1-17-3-5-21-13-24(9-7-19(21)11-17)27-15-23(26)16-28-25-10-8-20-12-18(2)4-6-22(20)14-25/h3-14,23,26H,15-16H2,1-2H3. The number of hydrogen-bond donors (Lipinski definition) is 1. The van der Waals surface area contributed by atoms with Gasteiger partial charge in [0.15, 0.2) is 0 Å². The van der Waals surface area contributed by atoms with Gasteiger partial charge in [-0.25, -0.2) is 0 Å². The minimum absolute atomic E-state index is 0.185. The molecule has 1 N–H and O–H groups in total. The molecule has 0 aromatic heterocycles. The zero-order valence-electron chi connectivity index (χ0n) is 16.2. The molecule has 3 heteroatoms. The first kappa shape index (κ1) is 18.3. The van der Waals surface area contributed by atoms with E-state index in [0.29, 0.717) is 0 Å².